The first kappa shape index (κ1) is 23.8. The number of carbonyl (C=O) groups is 2. The van der Waals surface area contributed by atoms with Crippen LogP contribution in [0, 0.1) is 0 Å². The molecule has 0 radical (unpaired) electrons. The molecule has 1 aliphatic rings. The van der Waals surface area contributed by atoms with Crippen LogP contribution in [0.2, 0.25) is 0 Å². The minimum absolute atomic E-state index is 0.00311. The predicted molar refractivity (Wildman–Crippen MR) is 115 cm³/mol. The summed E-state index contributed by atoms with van der Waals surface area (Å²) in [5.41, 5.74) is 0.573. The van der Waals surface area contributed by atoms with Crippen molar-refractivity contribution in [2.45, 2.75) is 18.2 Å². The van der Waals surface area contributed by atoms with Gasteiger partial charge in [0.05, 0.1) is 13.7 Å². The monoisotopic (exact) mass is 438 g/mol. The van der Waals surface area contributed by atoms with Gasteiger partial charge in [-0.25, -0.2) is 13.1 Å². The first-order valence-electron chi connectivity index (χ1n) is 9.88. The number of nitrogens with one attached hydrogen (secondary N) is 2. The van der Waals surface area contributed by atoms with Crippen molar-refractivity contribution in [1.82, 2.24) is 19.8 Å². The van der Waals surface area contributed by atoms with Crippen LogP contribution < -0.4 is 14.8 Å². The van der Waals surface area contributed by atoms with Crippen molar-refractivity contribution in [3.05, 3.63) is 29.8 Å². The summed E-state index contributed by atoms with van der Waals surface area (Å²) in [5.74, 6) is 0.0780. The lowest BCUT2D eigenvalue weighted by Crippen LogP contribution is -2.50. The minimum Gasteiger partial charge on any atom is -0.495 e. The van der Waals surface area contributed by atoms with Gasteiger partial charge in [-0.1, -0.05) is 13.0 Å². The minimum atomic E-state index is -3.69. The summed E-state index contributed by atoms with van der Waals surface area (Å²) in [7, 11) is -0.961. The van der Waals surface area contributed by atoms with Gasteiger partial charge in [0.15, 0.2) is 0 Å². The van der Waals surface area contributed by atoms with Crippen LogP contribution in [0.5, 0.6) is 5.75 Å². The summed E-state index contributed by atoms with van der Waals surface area (Å²) < 4.78 is 31.7. The summed E-state index contributed by atoms with van der Waals surface area (Å²) >= 11 is 0. The van der Waals surface area contributed by atoms with Crippen molar-refractivity contribution in [1.29, 1.82) is 0 Å². The first-order valence-corrected chi connectivity index (χ1v) is 11.4. The molecule has 2 amide bonds. The van der Waals surface area contributed by atoms with Crippen molar-refractivity contribution in [2.75, 3.05) is 53.4 Å². The molecule has 0 aliphatic carbocycles. The van der Waals surface area contributed by atoms with E-state index in [2.05, 4.69) is 10.0 Å². The van der Waals surface area contributed by atoms with Gasteiger partial charge >= 0.3 is 0 Å². The molecule has 10 heteroatoms. The Kier molecular flexibility index (Phi) is 8.82. The smallest absolute Gasteiger partial charge is 0.246 e. The normalized spacial score (nSPS) is 15.4. The quantitative estimate of drug-likeness (QED) is 0.537. The molecule has 166 valence electrons. The number of piperazine rings is 1. The molecule has 30 heavy (non-hydrogen) atoms. The maximum Gasteiger partial charge on any atom is 0.246 e. The molecule has 0 unspecified atom stereocenters. The highest BCUT2D eigenvalue weighted by Crippen LogP contribution is 2.25. The van der Waals surface area contributed by atoms with E-state index in [0.717, 1.165) is 6.42 Å². The molecule has 2 N–H and O–H groups in total. The second-order valence-electron chi connectivity index (χ2n) is 6.90. The van der Waals surface area contributed by atoms with Crippen molar-refractivity contribution in [3.8, 4) is 5.75 Å². The fraction of sp³-hybridized carbons (Fsp3) is 0.500. The molecule has 0 saturated carbocycles. The second kappa shape index (κ2) is 11.1. The summed E-state index contributed by atoms with van der Waals surface area (Å²) in [6.45, 7) is 5.35. The number of amides is 2. The Balaban J connectivity index is 1.96. The third-order valence-corrected chi connectivity index (χ3v) is 6.22. The number of benzene rings is 1. The molecule has 1 aliphatic heterocycles. The zero-order valence-corrected chi connectivity index (χ0v) is 18.5. The molecule has 0 atom stereocenters. The zero-order valence-electron chi connectivity index (χ0n) is 17.7. The lowest BCUT2D eigenvalue weighted by atomic mass is 10.2. The van der Waals surface area contributed by atoms with Crippen LogP contribution in [0.3, 0.4) is 0 Å². The molecule has 1 heterocycles. The molecule has 9 nitrogen and oxygen atoms in total. The van der Waals surface area contributed by atoms with Gasteiger partial charge in [-0.2, -0.15) is 0 Å². The largest absolute Gasteiger partial charge is 0.495 e. The van der Waals surface area contributed by atoms with E-state index in [1.165, 1.54) is 26.3 Å². The van der Waals surface area contributed by atoms with E-state index in [9.17, 15) is 18.0 Å². The topological polar surface area (TPSA) is 108 Å². The zero-order chi connectivity index (χ0) is 22.1. The standard InChI is InChI=1S/C20H30N4O5S/c1-4-9-22-19(25)15-23-10-12-24(13-11-23)20(26)8-6-16-5-7-17(29-3)18(14-16)30(27,28)21-2/h5-8,14,21H,4,9-13,15H2,1-3H3,(H,22,25)/b8-6+. The molecule has 0 aromatic heterocycles. The Morgan fingerprint density at radius 1 is 1.20 bits per heavy atom. The molecular formula is C20H30N4O5S. The van der Waals surface area contributed by atoms with Crippen LogP contribution in [0.25, 0.3) is 6.08 Å². The Labute approximate surface area is 178 Å². The molecule has 0 spiro atoms. The van der Waals surface area contributed by atoms with Crippen LogP contribution in [0.1, 0.15) is 18.9 Å². The van der Waals surface area contributed by atoms with E-state index in [1.54, 1.807) is 23.1 Å². The van der Waals surface area contributed by atoms with E-state index in [0.29, 0.717) is 44.8 Å². The molecule has 0 bridgehead atoms. The highest BCUT2D eigenvalue weighted by Gasteiger charge is 2.21. The predicted octanol–water partition coefficient (Wildman–Crippen LogP) is 0.287. The van der Waals surface area contributed by atoms with E-state index < -0.39 is 10.0 Å². The van der Waals surface area contributed by atoms with E-state index in [4.69, 9.17) is 4.74 Å². The average molecular weight is 439 g/mol. The molecule has 1 aromatic rings. The van der Waals surface area contributed by atoms with Gasteiger partial charge in [0, 0.05) is 38.8 Å². The Bertz CT molecular complexity index is 877. The number of sulfonamides is 1. The van der Waals surface area contributed by atoms with Gasteiger partial charge in [-0.05, 0) is 37.2 Å². The second-order valence-corrected chi connectivity index (χ2v) is 8.76. The average Bonchev–Trinajstić information content (AvgIpc) is 2.76. The third-order valence-electron chi connectivity index (χ3n) is 4.79. The fourth-order valence-electron chi connectivity index (χ4n) is 3.04. The van der Waals surface area contributed by atoms with Gasteiger partial charge < -0.3 is 15.0 Å². The molecule has 1 aromatic carbocycles. The molecular weight excluding hydrogens is 408 g/mol. The Morgan fingerprint density at radius 2 is 1.90 bits per heavy atom. The number of carbonyl (C=O) groups excluding carboxylic acids is 2. The Morgan fingerprint density at radius 3 is 2.50 bits per heavy atom. The van der Waals surface area contributed by atoms with Crippen LogP contribution in [-0.4, -0.2) is 83.5 Å². The molecule has 1 saturated heterocycles. The van der Waals surface area contributed by atoms with Crippen LogP contribution in [0.4, 0.5) is 0 Å². The van der Waals surface area contributed by atoms with Crippen molar-refractivity contribution in [3.63, 3.8) is 0 Å². The third kappa shape index (κ3) is 6.54. The van der Waals surface area contributed by atoms with Gasteiger partial charge in [0.1, 0.15) is 10.6 Å². The van der Waals surface area contributed by atoms with Crippen LogP contribution >= 0.6 is 0 Å². The van der Waals surface area contributed by atoms with Gasteiger partial charge in [-0.3, -0.25) is 14.5 Å². The summed E-state index contributed by atoms with van der Waals surface area (Å²) in [6, 6.07) is 4.70. The van der Waals surface area contributed by atoms with Crippen molar-refractivity contribution < 1.29 is 22.7 Å². The van der Waals surface area contributed by atoms with Crippen LogP contribution in [0.15, 0.2) is 29.2 Å². The van der Waals surface area contributed by atoms with E-state index >= 15 is 0 Å². The number of hydrogen-bond acceptors (Lipinski definition) is 6. The summed E-state index contributed by atoms with van der Waals surface area (Å²) in [6.07, 6.45) is 3.92. The number of rotatable bonds is 9. The van der Waals surface area contributed by atoms with Gasteiger partial charge in [-0.15, -0.1) is 0 Å². The highest BCUT2D eigenvalue weighted by atomic mass is 32.2. The highest BCUT2D eigenvalue weighted by molar-refractivity contribution is 7.89. The molecule has 2 rings (SSSR count). The van der Waals surface area contributed by atoms with Crippen molar-refractivity contribution >= 4 is 27.9 Å². The lowest BCUT2D eigenvalue weighted by Gasteiger charge is -2.33. The lowest BCUT2D eigenvalue weighted by molar-refractivity contribution is -0.128. The van der Waals surface area contributed by atoms with E-state index in [-0.39, 0.29) is 22.5 Å². The number of nitrogens with zero attached hydrogens (tertiary/aromatic N) is 2. The fourth-order valence-corrected chi connectivity index (χ4v) is 3.97. The van der Waals surface area contributed by atoms with Gasteiger partial charge in [0.2, 0.25) is 21.8 Å². The maximum atomic E-state index is 12.5. The number of methoxy groups -OCH3 is 1. The van der Waals surface area contributed by atoms with Gasteiger partial charge in [0.25, 0.3) is 0 Å². The first-order chi connectivity index (χ1) is 14.3. The van der Waals surface area contributed by atoms with E-state index in [1.807, 2.05) is 11.8 Å². The Hall–Kier alpha value is -2.43. The maximum absolute atomic E-state index is 12.5. The van der Waals surface area contributed by atoms with Crippen molar-refractivity contribution in [2.24, 2.45) is 0 Å². The SMILES string of the molecule is CCCNC(=O)CN1CCN(C(=O)/C=C/c2ccc(OC)c(S(=O)(=O)NC)c2)CC1. The number of ether oxygens (including phenoxy) is 1. The summed E-state index contributed by atoms with van der Waals surface area (Å²) in [5, 5.41) is 2.85. The number of hydrogen-bond donors (Lipinski definition) is 2. The molecule has 1 fully saturated rings. The van der Waals surface area contributed by atoms with Crippen LogP contribution in [-0.2, 0) is 19.6 Å². The summed E-state index contributed by atoms with van der Waals surface area (Å²) in [4.78, 5) is 28.0.